The van der Waals surface area contributed by atoms with Crippen LogP contribution in [0.4, 0.5) is 0 Å². The Balaban J connectivity index is 2.03. The zero-order valence-corrected chi connectivity index (χ0v) is 11.5. The molecule has 0 saturated heterocycles. The SMILES string of the molecule is CCN(Cc1ccco1)C1CCCCCC1CN. The van der Waals surface area contributed by atoms with Crippen LogP contribution in [-0.2, 0) is 6.54 Å². The lowest BCUT2D eigenvalue weighted by molar-refractivity contribution is 0.125. The number of hydrogen-bond acceptors (Lipinski definition) is 3. The molecule has 18 heavy (non-hydrogen) atoms. The van der Waals surface area contributed by atoms with Gasteiger partial charge in [-0.05, 0) is 44.0 Å². The third kappa shape index (κ3) is 3.36. The monoisotopic (exact) mass is 250 g/mol. The van der Waals surface area contributed by atoms with Crippen LogP contribution in [0.1, 0.15) is 44.8 Å². The molecule has 0 amide bonds. The molecule has 0 bridgehead atoms. The molecule has 102 valence electrons. The van der Waals surface area contributed by atoms with Crippen LogP contribution in [0.25, 0.3) is 0 Å². The van der Waals surface area contributed by atoms with Gasteiger partial charge in [0, 0.05) is 6.04 Å². The standard InChI is InChI=1S/C15H26N2O/c1-2-17(12-14-8-6-10-18-14)15-9-5-3-4-7-13(15)11-16/h6,8,10,13,15H,2-5,7,9,11-12,16H2,1H3. The summed E-state index contributed by atoms with van der Waals surface area (Å²) in [4.78, 5) is 2.54. The van der Waals surface area contributed by atoms with Crippen molar-refractivity contribution < 1.29 is 4.42 Å². The highest BCUT2D eigenvalue weighted by Crippen LogP contribution is 2.27. The van der Waals surface area contributed by atoms with Crippen LogP contribution in [0.15, 0.2) is 22.8 Å². The van der Waals surface area contributed by atoms with Crippen molar-refractivity contribution in [2.45, 2.75) is 51.6 Å². The molecule has 0 radical (unpaired) electrons. The van der Waals surface area contributed by atoms with Crippen LogP contribution in [0.5, 0.6) is 0 Å². The molecule has 1 fully saturated rings. The molecule has 2 atom stereocenters. The molecule has 3 nitrogen and oxygen atoms in total. The van der Waals surface area contributed by atoms with E-state index in [-0.39, 0.29) is 0 Å². The molecule has 1 aromatic rings. The highest BCUT2D eigenvalue weighted by Gasteiger charge is 2.27. The van der Waals surface area contributed by atoms with Gasteiger partial charge in [0.1, 0.15) is 5.76 Å². The molecule has 2 rings (SSSR count). The second-order valence-electron chi connectivity index (χ2n) is 5.34. The minimum atomic E-state index is 0.632. The minimum absolute atomic E-state index is 0.632. The first-order valence-electron chi connectivity index (χ1n) is 7.31. The molecule has 1 heterocycles. The first-order chi connectivity index (χ1) is 8.85. The maximum atomic E-state index is 5.98. The summed E-state index contributed by atoms with van der Waals surface area (Å²) in [5.41, 5.74) is 5.98. The smallest absolute Gasteiger partial charge is 0.117 e. The van der Waals surface area contributed by atoms with E-state index in [0.29, 0.717) is 12.0 Å². The van der Waals surface area contributed by atoms with Crippen LogP contribution >= 0.6 is 0 Å². The third-order valence-electron chi connectivity index (χ3n) is 4.24. The number of rotatable bonds is 5. The fourth-order valence-corrected chi connectivity index (χ4v) is 3.19. The Morgan fingerprint density at radius 1 is 1.33 bits per heavy atom. The van der Waals surface area contributed by atoms with Crippen molar-refractivity contribution >= 4 is 0 Å². The maximum absolute atomic E-state index is 5.98. The van der Waals surface area contributed by atoms with Crippen molar-refractivity contribution in [1.29, 1.82) is 0 Å². The topological polar surface area (TPSA) is 42.4 Å². The van der Waals surface area contributed by atoms with Gasteiger partial charge in [0.15, 0.2) is 0 Å². The Bertz CT molecular complexity index is 323. The van der Waals surface area contributed by atoms with Crippen LogP contribution < -0.4 is 5.73 Å². The summed E-state index contributed by atoms with van der Waals surface area (Å²) in [6, 6.07) is 4.67. The minimum Gasteiger partial charge on any atom is -0.468 e. The molecule has 0 aromatic carbocycles. The fraction of sp³-hybridized carbons (Fsp3) is 0.733. The van der Waals surface area contributed by atoms with E-state index in [0.717, 1.165) is 25.4 Å². The second-order valence-corrected chi connectivity index (χ2v) is 5.34. The Kier molecular flexibility index (Phi) is 5.26. The molecular formula is C15H26N2O. The van der Waals surface area contributed by atoms with Crippen LogP contribution in [0.3, 0.4) is 0 Å². The summed E-state index contributed by atoms with van der Waals surface area (Å²) >= 11 is 0. The maximum Gasteiger partial charge on any atom is 0.117 e. The van der Waals surface area contributed by atoms with Crippen molar-refractivity contribution in [2.75, 3.05) is 13.1 Å². The Hall–Kier alpha value is -0.800. The van der Waals surface area contributed by atoms with E-state index in [1.165, 1.54) is 32.1 Å². The van der Waals surface area contributed by atoms with Gasteiger partial charge in [-0.15, -0.1) is 0 Å². The zero-order valence-electron chi connectivity index (χ0n) is 11.5. The van der Waals surface area contributed by atoms with Gasteiger partial charge in [-0.2, -0.15) is 0 Å². The van der Waals surface area contributed by atoms with E-state index < -0.39 is 0 Å². The summed E-state index contributed by atoms with van der Waals surface area (Å²) < 4.78 is 5.48. The molecule has 2 N–H and O–H groups in total. The van der Waals surface area contributed by atoms with Gasteiger partial charge in [-0.1, -0.05) is 26.2 Å². The number of nitrogens with zero attached hydrogens (tertiary/aromatic N) is 1. The van der Waals surface area contributed by atoms with Crippen LogP contribution in [0, 0.1) is 5.92 Å². The number of furan rings is 1. The summed E-state index contributed by atoms with van der Waals surface area (Å²) in [6.07, 6.45) is 8.39. The van der Waals surface area contributed by atoms with Crippen molar-refractivity contribution in [3.05, 3.63) is 24.2 Å². The fourth-order valence-electron chi connectivity index (χ4n) is 3.19. The van der Waals surface area contributed by atoms with Gasteiger partial charge in [0.05, 0.1) is 12.8 Å². The van der Waals surface area contributed by atoms with Crippen LogP contribution in [-0.4, -0.2) is 24.0 Å². The first kappa shape index (κ1) is 13.6. The second kappa shape index (κ2) is 6.95. The predicted molar refractivity (Wildman–Crippen MR) is 74.2 cm³/mol. The first-order valence-corrected chi connectivity index (χ1v) is 7.31. The molecule has 0 aliphatic heterocycles. The third-order valence-corrected chi connectivity index (χ3v) is 4.24. The van der Waals surface area contributed by atoms with E-state index in [4.69, 9.17) is 10.2 Å². The molecule has 1 saturated carbocycles. The van der Waals surface area contributed by atoms with E-state index in [1.807, 2.05) is 6.07 Å². The Morgan fingerprint density at radius 3 is 2.83 bits per heavy atom. The Morgan fingerprint density at radius 2 is 2.17 bits per heavy atom. The van der Waals surface area contributed by atoms with E-state index in [9.17, 15) is 0 Å². The lowest BCUT2D eigenvalue weighted by Gasteiger charge is -2.34. The van der Waals surface area contributed by atoms with Crippen molar-refractivity contribution in [3.63, 3.8) is 0 Å². The average Bonchev–Trinajstić information content (AvgIpc) is 2.79. The van der Waals surface area contributed by atoms with Gasteiger partial charge in [0.2, 0.25) is 0 Å². The van der Waals surface area contributed by atoms with Gasteiger partial charge >= 0.3 is 0 Å². The lowest BCUT2D eigenvalue weighted by Crippen LogP contribution is -2.42. The van der Waals surface area contributed by atoms with E-state index in [1.54, 1.807) is 6.26 Å². The van der Waals surface area contributed by atoms with E-state index in [2.05, 4.69) is 17.9 Å². The highest BCUT2D eigenvalue weighted by atomic mass is 16.3. The van der Waals surface area contributed by atoms with Gasteiger partial charge in [0.25, 0.3) is 0 Å². The zero-order chi connectivity index (χ0) is 12.8. The van der Waals surface area contributed by atoms with Crippen molar-refractivity contribution in [1.82, 2.24) is 4.90 Å². The normalized spacial score (nSPS) is 25.3. The largest absolute Gasteiger partial charge is 0.468 e. The van der Waals surface area contributed by atoms with Crippen LogP contribution in [0.2, 0.25) is 0 Å². The lowest BCUT2D eigenvalue weighted by atomic mass is 9.93. The van der Waals surface area contributed by atoms with Gasteiger partial charge < -0.3 is 10.2 Å². The van der Waals surface area contributed by atoms with Gasteiger partial charge in [-0.3, -0.25) is 4.90 Å². The molecule has 1 aliphatic rings. The molecule has 1 aliphatic carbocycles. The highest BCUT2D eigenvalue weighted by molar-refractivity contribution is 4.99. The quantitative estimate of drug-likeness (QED) is 0.817. The van der Waals surface area contributed by atoms with E-state index >= 15 is 0 Å². The summed E-state index contributed by atoms with van der Waals surface area (Å²) in [7, 11) is 0. The Labute approximate surface area is 110 Å². The molecular weight excluding hydrogens is 224 g/mol. The molecule has 1 aromatic heterocycles. The van der Waals surface area contributed by atoms with Crippen molar-refractivity contribution in [3.8, 4) is 0 Å². The average molecular weight is 250 g/mol. The summed E-state index contributed by atoms with van der Waals surface area (Å²) in [5.74, 6) is 1.72. The van der Waals surface area contributed by atoms with Gasteiger partial charge in [-0.25, -0.2) is 0 Å². The summed E-state index contributed by atoms with van der Waals surface area (Å²) in [5, 5.41) is 0. The van der Waals surface area contributed by atoms with Crippen molar-refractivity contribution in [2.24, 2.45) is 11.7 Å². The predicted octanol–water partition coefficient (Wildman–Crippen LogP) is 3.01. The summed E-state index contributed by atoms with van der Waals surface area (Å²) in [6.45, 7) is 5.05. The number of nitrogens with two attached hydrogens (primary N) is 1. The molecule has 0 spiro atoms. The molecule has 2 unspecified atom stereocenters. The molecule has 3 heteroatoms. The number of hydrogen-bond donors (Lipinski definition) is 1.